The first-order valence-corrected chi connectivity index (χ1v) is 13.9. The number of thiophene rings is 1. The number of fused-ring (bicyclic) bond motifs is 1. The molecule has 1 fully saturated rings. The van der Waals surface area contributed by atoms with Gasteiger partial charge in [-0.15, -0.1) is 11.3 Å². The number of pyridine rings is 1. The van der Waals surface area contributed by atoms with E-state index in [4.69, 9.17) is 16.3 Å². The molecule has 200 valence electrons. The van der Waals surface area contributed by atoms with E-state index in [1.807, 2.05) is 61.5 Å². The Hall–Kier alpha value is -2.93. The predicted octanol–water partition coefficient (Wildman–Crippen LogP) is 7.74. The molecule has 2 aromatic carbocycles. The largest absolute Gasteiger partial charge is 0.496 e. The number of aryl methyl sites for hydroxylation is 1. The van der Waals surface area contributed by atoms with Crippen LogP contribution in [-0.2, 0) is 6.54 Å². The molecule has 1 amide bonds. The zero-order chi connectivity index (χ0) is 25.9. The number of methoxy groups -OCH3 is 1. The van der Waals surface area contributed by atoms with E-state index in [9.17, 15) is 4.79 Å². The van der Waals surface area contributed by atoms with E-state index in [1.54, 1.807) is 7.11 Å². The lowest BCUT2D eigenvalue weighted by Crippen LogP contribution is -2.44. The van der Waals surface area contributed by atoms with Crippen molar-refractivity contribution in [2.45, 2.75) is 58.7 Å². The third-order valence-corrected chi connectivity index (χ3v) is 9.05. The predicted molar refractivity (Wildman–Crippen MR) is 160 cm³/mol. The molecular formula is C31H36ClN3O2S. The second-order valence-electron chi connectivity index (χ2n) is 9.68. The summed E-state index contributed by atoms with van der Waals surface area (Å²) in [6, 6.07) is 18.9. The summed E-state index contributed by atoms with van der Waals surface area (Å²) in [5.41, 5.74) is 4.12. The van der Waals surface area contributed by atoms with Crippen molar-refractivity contribution in [2.24, 2.45) is 0 Å². The van der Waals surface area contributed by atoms with Gasteiger partial charge in [0.1, 0.15) is 10.6 Å². The summed E-state index contributed by atoms with van der Waals surface area (Å²) in [6.07, 6.45) is 5.81. The van der Waals surface area contributed by atoms with Gasteiger partial charge in [0.2, 0.25) is 0 Å². The van der Waals surface area contributed by atoms with E-state index in [2.05, 4.69) is 28.5 Å². The Balaban J connectivity index is 0.00000336. The van der Waals surface area contributed by atoms with Crippen LogP contribution < -0.4 is 10.1 Å². The van der Waals surface area contributed by atoms with Gasteiger partial charge < -0.3 is 15.0 Å². The van der Waals surface area contributed by atoms with Crippen molar-refractivity contribution in [1.29, 1.82) is 0 Å². The van der Waals surface area contributed by atoms with Gasteiger partial charge in [-0.2, -0.15) is 0 Å². The Morgan fingerprint density at radius 1 is 1.11 bits per heavy atom. The molecule has 4 aromatic rings. The Morgan fingerprint density at radius 2 is 1.84 bits per heavy atom. The highest BCUT2D eigenvalue weighted by atomic mass is 35.5. The third kappa shape index (κ3) is 5.73. The molecule has 1 aliphatic carbocycles. The molecule has 0 saturated heterocycles. The average molecular weight is 550 g/mol. The van der Waals surface area contributed by atoms with Crippen molar-refractivity contribution in [1.82, 2.24) is 15.2 Å². The second kappa shape index (κ2) is 12.3. The summed E-state index contributed by atoms with van der Waals surface area (Å²) in [5.74, 6) is 0.769. The van der Waals surface area contributed by atoms with Crippen LogP contribution in [0.25, 0.3) is 21.2 Å². The standard InChI is InChI=1S/C30H32ClN3O2S.CH4/c1-19-16-21(14-15-33-19)20-8-13-26(36-3)22(17-20)18-34(24-11-9-23(32-2)10-12-24)30(35)29-28(31)25-6-4-5-7-27(25)37-29;/h4-8,13-17,23-24,32H,9-12,18H2,1-3H3;1H4. The van der Waals surface area contributed by atoms with E-state index in [0.29, 0.717) is 22.5 Å². The zero-order valence-corrected chi connectivity index (χ0v) is 23.0. The molecule has 7 heteroatoms. The molecule has 0 radical (unpaired) electrons. The lowest BCUT2D eigenvalue weighted by molar-refractivity contribution is 0.0604. The van der Waals surface area contributed by atoms with Crippen molar-refractivity contribution >= 4 is 38.9 Å². The first-order chi connectivity index (χ1) is 18.0. The maximum Gasteiger partial charge on any atom is 0.266 e. The van der Waals surface area contributed by atoms with Gasteiger partial charge in [-0.05, 0) is 81.1 Å². The number of carbonyl (C=O) groups is 1. The summed E-state index contributed by atoms with van der Waals surface area (Å²) >= 11 is 8.26. The molecule has 5 rings (SSSR count). The molecule has 0 unspecified atom stereocenters. The fourth-order valence-corrected chi connectivity index (χ4v) is 6.78. The number of amides is 1. The molecule has 0 atom stereocenters. The summed E-state index contributed by atoms with van der Waals surface area (Å²) in [7, 11) is 3.70. The molecule has 0 aliphatic heterocycles. The van der Waals surface area contributed by atoms with Crippen LogP contribution in [0.5, 0.6) is 5.75 Å². The topological polar surface area (TPSA) is 54.5 Å². The number of hydrogen-bond donors (Lipinski definition) is 1. The van der Waals surface area contributed by atoms with Crippen LogP contribution in [-0.4, -0.2) is 42.0 Å². The molecule has 1 aliphatic rings. The second-order valence-corrected chi connectivity index (χ2v) is 11.1. The SMILES string of the molecule is C.CNC1CCC(N(Cc2cc(-c3ccnc(C)c3)ccc2OC)C(=O)c2sc3ccccc3c2Cl)CC1. The number of carbonyl (C=O) groups excluding carboxylic acids is 1. The minimum Gasteiger partial charge on any atom is -0.496 e. The van der Waals surface area contributed by atoms with Crippen molar-refractivity contribution in [2.75, 3.05) is 14.2 Å². The van der Waals surface area contributed by atoms with Crippen molar-refractivity contribution in [3.63, 3.8) is 0 Å². The van der Waals surface area contributed by atoms with Crippen LogP contribution in [0.3, 0.4) is 0 Å². The van der Waals surface area contributed by atoms with Gasteiger partial charge in [0.05, 0.1) is 12.1 Å². The quantitative estimate of drug-likeness (QED) is 0.256. The monoisotopic (exact) mass is 549 g/mol. The van der Waals surface area contributed by atoms with E-state index in [-0.39, 0.29) is 19.4 Å². The number of benzene rings is 2. The Bertz CT molecular complexity index is 1410. The molecule has 0 bridgehead atoms. The van der Waals surface area contributed by atoms with Gasteiger partial charge in [-0.3, -0.25) is 9.78 Å². The third-order valence-electron chi connectivity index (χ3n) is 7.39. The average Bonchev–Trinajstić information content (AvgIpc) is 3.27. The van der Waals surface area contributed by atoms with Crippen molar-refractivity contribution < 1.29 is 9.53 Å². The Kier molecular flexibility index (Phi) is 9.08. The van der Waals surface area contributed by atoms with Crippen molar-refractivity contribution in [3.05, 3.63) is 82.0 Å². The minimum absolute atomic E-state index is 0. The van der Waals surface area contributed by atoms with Crippen LogP contribution in [0.2, 0.25) is 5.02 Å². The Morgan fingerprint density at radius 3 is 2.53 bits per heavy atom. The minimum atomic E-state index is -0.00804. The van der Waals surface area contributed by atoms with Gasteiger partial charge in [0.25, 0.3) is 5.91 Å². The van der Waals surface area contributed by atoms with Crippen molar-refractivity contribution in [3.8, 4) is 16.9 Å². The summed E-state index contributed by atoms with van der Waals surface area (Å²) in [4.78, 5) is 21.1. The molecule has 1 N–H and O–H groups in total. The van der Waals surface area contributed by atoms with Gasteiger partial charge in [0, 0.05) is 46.2 Å². The van der Waals surface area contributed by atoms with Crippen LogP contribution in [0.1, 0.15) is 54.0 Å². The highest BCUT2D eigenvalue weighted by Gasteiger charge is 2.32. The number of nitrogens with zero attached hydrogens (tertiary/aromatic N) is 2. The summed E-state index contributed by atoms with van der Waals surface area (Å²) in [6.45, 7) is 2.45. The molecule has 2 aromatic heterocycles. The highest BCUT2D eigenvalue weighted by molar-refractivity contribution is 7.21. The smallest absolute Gasteiger partial charge is 0.266 e. The fraction of sp³-hybridized carbons (Fsp3) is 0.355. The maximum absolute atomic E-state index is 14.2. The van der Waals surface area contributed by atoms with Crippen LogP contribution in [0.4, 0.5) is 0 Å². The van der Waals surface area contributed by atoms with Gasteiger partial charge >= 0.3 is 0 Å². The summed E-state index contributed by atoms with van der Waals surface area (Å²) < 4.78 is 6.79. The lowest BCUT2D eigenvalue weighted by Gasteiger charge is -2.37. The van der Waals surface area contributed by atoms with E-state index < -0.39 is 0 Å². The molecular weight excluding hydrogens is 514 g/mol. The molecule has 5 nitrogen and oxygen atoms in total. The van der Waals surface area contributed by atoms with Crippen LogP contribution in [0.15, 0.2) is 60.8 Å². The fourth-order valence-electron chi connectivity index (χ4n) is 5.32. The molecule has 38 heavy (non-hydrogen) atoms. The lowest BCUT2D eigenvalue weighted by atomic mass is 9.89. The highest BCUT2D eigenvalue weighted by Crippen LogP contribution is 2.38. The van der Waals surface area contributed by atoms with E-state index >= 15 is 0 Å². The number of aromatic nitrogens is 1. The van der Waals surface area contributed by atoms with Crippen LogP contribution >= 0.6 is 22.9 Å². The van der Waals surface area contributed by atoms with Gasteiger partial charge in [-0.1, -0.05) is 43.3 Å². The molecule has 1 saturated carbocycles. The number of rotatable bonds is 7. The Labute approximate surface area is 234 Å². The van der Waals surface area contributed by atoms with E-state index in [0.717, 1.165) is 63.9 Å². The number of nitrogens with one attached hydrogen (secondary N) is 1. The normalized spacial score (nSPS) is 17.2. The summed E-state index contributed by atoms with van der Waals surface area (Å²) in [5, 5.41) is 4.88. The van der Waals surface area contributed by atoms with E-state index in [1.165, 1.54) is 11.3 Å². The number of ether oxygens (including phenoxy) is 1. The first-order valence-electron chi connectivity index (χ1n) is 12.7. The maximum atomic E-state index is 14.2. The first kappa shape index (κ1) is 28.1. The molecule has 2 heterocycles. The van der Waals surface area contributed by atoms with Gasteiger partial charge in [0.15, 0.2) is 0 Å². The molecule has 0 spiro atoms. The number of hydrogen-bond acceptors (Lipinski definition) is 5. The zero-order valence-electron chi connectivity index (χ0n) is 21.5. The van der Waals surface area contributed by atoms with Crippen LogP contribution in [0, 0.1) is 6.92 Å². The number of halogens is 1. The van der Waals surface area contributed by atoms with Gasteiger partial charge in [-0.25, -0.2) is 0 Å².